The van der Waals surface area contributed by atoms with Gasteiger partial charge in [0.25, 0.3) is 0 Å². The van der Waals surface area contributed by atoms with Gasteiger partial charge in [-0.15, -0.1) is 11.6 Å². The van der Waals surface area contributed by atoms with E-state index in [1.165, 1.54) is 23.1 Å². The second kappa shape index (κ2) is 6.47. The van der Waals surface area contributed by atoms with Gasteiger partial charge in [-0.05, 0) is 36.0 Å². The van der Waals surface area contributed by atoms with Gasteiger partial charge < -0.3 is 0 Å². The topological polar surface area (TPSA) is 0 Å². The van der Waals surface area contributed by atoms with Crippen molar-refractivity contribution in [3.8, 4) is 0 Å². The van der Waals surface area contributed by atoms with Crippen LogP contribution in [-0.4, -0.2) is 5.33 Å². The Hall–Kier alpha value is -0.0100. The van der Waals surface area contributed by atoms with Crippen LogP contribution in [0.5, 0.6) is 0 Å². The minimum absolute atomic E-state index is 0.641. The second-order valence-corrected chi connectivity index (χ2v) is 4.39. The van der Waals surface area contributed by atoms with E-state index in [1.807, 2.05) is 0 Å². The van der Waals surface area contributed by atoms with Crippen LogP contribution >= 0.6 is 27.5 Å². The number of rotatable bonds is 5. The fourth-order valence-electron chi connectivity index (χ4n) is 1.68. The van der Waals surface area contributed by atoms with Gasteiger partial charge >= 0.3 is 0 Å². The molecule has 0 aliphatic rings. The van der Waals surface area contributed by atoms with Crippen molar-refractivity contribution in [3.63, 3.8) is 0 Å². The van der Waals surface area contributed by atoms with Gasteiger partial charge in [-0.1, -0.05) is 41.1 Å². The van der Waals surface area contributed by atoms with Gasteiger partial charge in [0.05, 0.1) is 0 Å². The average Bonchev–Trinajstić information content (AvgIpc) is 2.25. The van der Waals surface area contributed by atoms with E-state index in [0.717, 1.165) is 18.2 Å². The van der Waals surface area contributed by atoms with Gasteiger partial charge in [0, 0.05) is 11.2 Å². The van der Waals surface area contributed by atoms with Gasteiger partial charge in [0.15, 0.2) is 0 Å². The highest BCUT2D eigenvalue weighted by molar-refractivity contribution is 9.09. The average molecular weight is 276 g/mol. The van der Waals surface area contributed by atoms with Crippen LogP contribution in [0.15, 0.2) is 18.2 Å². The zero-order valence-corrected chi connectivity index (χ0v) is 10.9. The van der Waals surface area contributed by atoms with E-state index < -0.39 is 0 Å². The van der Waals surface area contributed by atoms with Crippen molar-refractivity contribution >= 4 is 27.5 Å². The van der Waals surface area contributed by atoms with Gasteiger partial charge in [0.1, 0.15) is 0 Å². The molecule has 0 heterocycles. The van der Waals surface area contributed by atoms with Crippen LogP contribution in [0.3, 0.4) is 0 Å². The molecule has 78 valence electrons. The lowest BCUT2D eigenvalue weighted by atomic mass is 9.98. The van der Waals surface area contributed by atoms with Crippen molar-refractivity contribution < 1.29 is 0 Å². The summed E-state index contributed by atoms with van der Waals surface area (Å²) in [5.74, 6) is 0.641. The van der Waals surface area contributed by atoms with Crippen LogP contribution in [-0.2, 0) is 18.7 Å². The van der Waals surface area contributed by atoms with Gasteiger partial charge in [0.2, 0.25) is 0 Å². The predicted molar refractivity (Wildman–Crippen MR) is 67.5 cm³/mol. The molecule has 0 N–H and O–H groups in total. The van der Waals surface area contributed by atoms with Crippen LogP contribution in [0.25, 0.3) is 0 Å². The molecule has 0 radical (unpaired) electrons. The molecule has 0 amide bonds. The zero-order chi connectivity index (χ0) is 10.4. The third kappa shape index (κ3) is 2.99. The molecule has 1 aromatic carbocycles. The smallest absolute Gasteiger partial charge is 0.0479 e. The number of hydrogen-bond acceptors (Lipinski definition) is 0. The Morgan fingerprint density at radius 1 is 1.29 bits per heavy atom. The van der Waals surface area contributed by atoms with E-state index in [4.69, 9.17) is 11.6 Å². The number of halogens is 2. The quantitative estimate of drug-likeness (QED) is 0.702. The molecule has 0 aromatic heterocycles. The zero-order valence-electron chi connectivity index (χ0n) is 8.52. The van der Waals surface area contributed by atoms with Crippen molar-refractivity contribution in [3.05, 3.63) is 34.9 Å². The SMILES string of the molecule is CCc1cccc(CCCBr)c1CCl. The van der Waals surface area contributed by atoms with E-state index in [-0.39, 0.29) is 0 Å². The molecule has 2 heteroatoms. The Morgan fingerprint density at radius 3 is 2.57 bits per heavy atom. The van der Waals surface area contributed by atoms with Crippen LogP contribution in [0.1, 0.15) is 30.0 Å². The van der Waals surface area contributed by atoms with Gasteiger partial charge in [-0.2, -0.15) is 0 Å². The molecule has 0 bridgehead atoms. The van der Waals surface area contributed by atoms with E-state index in [0.29, 0.717) is 5.88 Å². The Morgan fingerprint density at radius 2 is 2.00 bits per heavy atom. The molecule has 0 saturated carbocycles. The Bertz CT molecular complexity index is 284. The first-order valence-corrected chi connectivity index (χ1v) is 6.70. The molecule has 0 aliphatic carbocycles. The summed E-state index contributed by atoms with van der Waals surface area (Å²) in [6.07, 6.45) is 3.38. The number of aryl methyl sites for hydroxylation is 2. The molecule has 0 unspecified atom stereocenters. The highest BCUT2D eigenvalue weighted by Gasteiger charge is 2.05. The molecule has 0 nitrogen and oxygen atoms in total. The Balaban J connectivity index is 2.90. The lowest BCUT2D eigenvalue weighted by molar-refractivity contribution is 0.917. The van der Waals surface area contributed by atoms with E-state index in [2.05, 4.69) is 41.1 Å². The van der Waals surface area contributed by atoms with E-state index in [1.54, 1.807) is 0 Å². The summed E-state index contributed by atoms with van der Waals surface area (Å²) >= 11 is 9.44. The van der Waals surface area contributed by atoms with Crippen LogP contribution < -0.4 is 0 Å². The van der Waals surface area contributed by atoms with E-state index in [9.17, 15) is 0 Å². The summed E-state index contributed by atoms with van der Waals surface area (Å²) in [5.41, 5.74) is 4.16. The van der Waals surface area contributed by atoms with Crippen LogP contribution in [0.4, 0.5) is 0 Å². The molecule has 1 aromatic rings. The molecular formula is C12H16BrCl. The van der Waals surface area contributed by atoms with Gasteiger partial charge in [-0.3, -0.25) is 0 Å². The monoisotopic (exact) mass is 274 g/mol. The van der Waals surface area contributed by atoms with Crippen molar-refractivity contribution in [2.45, 2.75) is 32.1 Å². The lowest BCUT2D eigenvalue weighted by Crippen LogP contribution is -1.97. The summed E-state index contributed by atoms with van der Waals surface area (Å²) in [6, 6.07) is 6.51. The maximum Gasteiger partial charge on any atom is 0.0479 e. The minimum atomic E-state index is 0.641. The largest absolute Gasteiger partial charge is 0.122 e. The van der Waals surface area contributed by atoms with Crippen LogP contribution in [0.2, 0.25) is 0 Å². The van der Waals surface area contributed by atoms with Crippen molar-refractivity contribution in [2.24, 2.45) is 0 Å². The summed E-state index contributed by atoms with van der Waals surface area (Å²) in [5, 5.41) is 1.06. The fourth-order valence-corrected chi connectivity index (χ4v) is 2.31. The first-order chi connectivity index (χ1) is 6.83. The summed E-state index contributed by atoms with van der Waals surface area (Å²) in [6.45, 7) is 2.18. The highest BCUT2D eigenvalue weighted by atomic mass is 79.9. The number of hydrogen-bond donors (Lipinski definition) is 0. The Kier molecular flexibility index (Phi) is 5.57. The van der Waals surface area contributed by atoms with Gasteiger partial charge in [-0.25, -0.2) is 0 Å². The summed E-state index contributed by atoms with van der Waals surface area (Å²) < 4.78 is 0. The third-order valence-corrected chi connectivity index (χ3v) is 3.29. The molecule has 14 heavy (non-hydrogen) atoms. The first-order valence-electron chi connectivity index (χ1n) is 5.05. The molecule has 0 fully saturated rings. The Labute approximate surface area is 99.8 Å². The highest BCUT2D eigenvalue weighted by Crippen LogP contribution is 2.19. The van der Waals surface area contributed by atoms with Crippen molar-refractivity contribution in [1.82, 2.24) is 0 Å². The molecule has 0 atom stereocenters. The maximum atomic E-state index is 5.98. The minimum Gasteiger partial charge on any atom is -0.122 e. The molecule has 0 saturated heterocycles. The summed E-state index contributed by atoms with van der Waals surface area (Å²) in [7, 11) is 0. The standard InChI is InChI=1S/C12H16BrCl/c1-2-10-5-3-6-11(7-4-8-13)12(10)9-14/h3,5-6H,2,4,7-9H2,1H3. The first kappa shape index (κ1) is 12.1. The predicted octanol–water partition coefficient (Wildman–Crippen LogP) is 4.32. The second-order valence-electron chi connectivity index (χ2n) is 3.33. The maximum absolute atomic E-state index is 5.98. The van der Waals surface area contributed by atoms with E-state index >= 15 is 0 Å². The number of benzene rings is 1. The third-order valence-electron chi connectivity index (χ3n) is 2.46. The van der Waals surface area contributed by atoms with Crippen molar-refractivity contribution in [1.29, 1.82) is 0 Å². The molecule has 1 rings (SSSR count). The fraction of sp³-hybridized carbons (Fsp3) is 0.500. The molecular weight excluding hydrogens is 259 g/mol. The molecule has 0 spiro atoms. The van der Waals surface area contributed by atoms with Crippen LogP contribution in [0, 0.1) is 0 Å². The summed E-state index contributed by atoms with van der Waals surface area (Å²) in [4.78, 5) is 0. The normalized spacial score (nSPS) is 10.5. The molecule has 0 aliphatic heterocycles. The van der Waals surface area contributed by atoms with Crippen molar-refractivity contribution in [2.75, 3.05) is 5.33 Å². The lowest BCUT2D eigenvalue weighted by Gasteiger charge is -2.10. The number of alkyl halides is 2.